The number of hydrogen-bond acceptors (Lipinski definition) is 2. The van der Waals surface area contributed by atoms with E-state index < -0.39 is 5.97 Å². The maximum atomic E-state index is 11.7. The van der Waals surface area contributed by atoms with Crippen LogP contribution in [0.4, 0.5) is 0 Å². The standard InChI is InChI=1S/C10H7ClN2O3/c11-6-2-1-3-7-10(6)8(14)4-13(12-7)5-9(15)16/h1-4H,5H2,(H-,12,14,15,16)/p+1. The molecule has 0 unspecified atom stereocenters. The number of aromatic amines is 1. The Kier molecular flexibility index (Phi) is 2.62. The van der Waals surface area contributed by atoms with E-state index in [0.717, 1.165) is 0 Å². The minimum Gasteiger partial charge on any atom is -0.476 e. The summed E-state index contributed by atoms with van der Waals surface area (Å²) in [7, 11) is 0. The molecule has 0 saturated heterocycles. The predicted octanol–water partition coefficient (Wildman–Crippen LogP) is 0.554. The highest BCUT2D eigenvalue weighted by atomic mass is 35.5. The summed E-state index contributed by atoms with van der Waals surface area (Å²) in [5.41, 5.74) is 0.210. The molecule has 0 radical (unpaired) electrons. The zero-order valence-corrected chi connectivity index (χ0v) is 8.86. The number of fused-ring (bicyclic) bond motifs is 1. The van der Waals surface area contributed by atoms with Crippen LogP contribution >= 0.6 is 11.6 Å². The van der Waals surface area contributed by atoms with Crippen molar-refractivity contribution in [3.05, 3.63) is 39.6 Å². The molecule has 0 atom stereocenters. The Labute approximate surface area is 94.9 Å². The summed E-state index contributed by atoms with van der Waals surface area (Å²) in [4.78, 5) is 22.2. The molecule has 0 spiro atoms. The second kappa shape index (κ2) is 3.94. The maximum absolute atomic E-state index is 11.7. The number of rotatable bonds is 2. The normalized spacial score (nSPS) is 10.6. The van der Waals surface area contributed by atoms with Gasteiger partial charge in [-0.3, -0.25) is 4.79 Å². The van der Waals surface area contributed by atoms with Gasteiger partial charge in [-0.25, -0.2) is 4.79 Å². The van der Waals surface area contributed by atoms with Crippen molar-refractivity contribution in [1.82, 2.24) is 5.10 Å². The van der Waals surface area contributed by atoms with Crippen molar-refractivity contribution < 1.29 is 14.6 Å². The van der Waals surface area contributed by atoms with E-state index in [1.54, 1.807) is 18.2 Å². The average molecular weight is 240 g/mol. The Balaban J connectivity index is 2.69. The van der Waals surface area contributed by atoms with E-state index in [1.165, 1.54) is 10.9 Å². The first-order chi connectivity index (χ1) is 7.58. The van der Waals surface area contributed by atoms with Gasteiger partial charge < -0.3 is 5.11 Å². The van der Waals surface area contributed by atoms with Crippen molar-refractivity contribution >= 4 is 28.5 Å². The third-order valence-corrected chi connectivity index (χ3v) is 2.42. The van der Waals surface area contributed by atoms with Gasteiger partial charge in [-0.2, -0.15) is 5.10 Å². The second-order valence-electron chi connectivity index (χ2n) is 3.29. The highest BCUT2D eigenvalue weighted by Gasteiger charge is 2.13. The number of nitrogens with zero attached hydrogens (tertiary/aromatic N) is 1. The Morgan fingerprint density at radius 2 is 2.25 bits per heavy atom. The molecule has 0 amide bonds. The molecule has 0 aliphatic rings. The molecule has 1 aromatic heterocycles. The van der Waals surface area contributed by atoms with Gasteiger partial charge in [-0.05, 0) is 12.1 Å². The quantitative estimate of drug-likeness (QED) is 0.752. The van der Waals surface area contributed by atoms with Crippen molar-refractivity contribution in [3.63, 3.8) is 0 Å². The number of carbonyl (C=O) groups is 1. The van der Waals surface area contributed by atoms with E-state index >= 15 is 0 Å². The fourth-order valence-corrected chi connectivity index (χ4v) is 1.76. The van der Waals surface area contributed by atoms with Crippen molar-refractivity contribution in [2.75, 3.05) is 0 Å². The van der Waals surface area contributed by atoms with E-state index in [4.69, 9.17) is 16.7 Å². The molecule has 6 heteroatoms. The molecular weight excluding hydrogens is 232 g/mol. The first kappa shape index (κ1) is 10.6. The van der Waals surface area contributed by atoms with Gasteiger partial charge in [-0.1, -0.05) is 17.7 Å². The molecule has 0 fully saturated rings. The van der Waals surface area contributed by atoms with Crippen LogP contribution in [0.15, 0.2) is 29.2 Å². The smallest absolute Gasteiger partial charge is 0.372 e. The largest absolute Gasteiger partial charge is 0.476 e. The van der Waals surface area contributed by atoms with Crippen LogP contribution in [-0.2, 0) is 11.3 Å². The van der Waals surface area contributed by atoms with Crippen molar-refractivity contribution in [3.8, 4) is 0 Å². The van der Waals surface area contributed by atoms with Gasteiger partial charge in [-0.15, -0.1) is 4.68 Å². The summed E-state index contributed by atoms with van der Waals surface area (Å²) in [6.45, 7) is -0.294. The second-order valence-corrected chi connectivity index (χ2v) is 3.70. The van der Waals surface area contributed by atoms with Gasteiger partial charge >= 0.3 is 5.97 Å². The summed E-state index contributed by atoms with van der Waals surface area (Å²) in [5.74, 6) is -1.03. The first-order valence-electron chi connectivity index (χ1n) is 4.51. The number of aromatic nitrogens is 2. The van der Waals surface area contributed by atoms with Crippen LogP contribution in [0.25, 0.3) is 10.9 Å². The van der Waals surface area contributed by atoms with Crippen LogP contribution in [0.3, 0.4) is 0 Å². The van der Waals surface area contributed by atoms with Crippen LogP contribution in [0.5, 0.6) is 0 Å². The lowest BCUT2D eigenvalue weighted by Gasteiger charge is -1.98. The van der Waals surface area contributed by atoms with Gasteiger partial charge in [0.05, 0.1) is 10.4 Å². The number of carboxylic acid groups (broad SMARTS) is 1. The zero-order valence-electron chi connectivity index (χ0n) is 8.11. The van der Waals surface area contributed by atoms with Crippen molar-refractivity contribution in [2.24, 2.45) is 0 Å². The van der Waals surface area contributed by atoms with Gasteiger partial charge in [0.25, 0.3) is 12.0 Å². The molecule has 2 rings (SSSR count). The number of halogens is 1. The first-order valence-corrected chi connectivity index (χ1v) is 4.88. The van der Waals surface area contributed by atoms with Crippen LogP contribution in [0.1, 0.15) is 0 Å². The lowest BCUT2D eigenvalue weighted by atomic mass is 10.2. The Bertz CT molecular complexity index is 621. The van der Waals surface area contributed by atoms with E-state index in [1.807, 2.05) is 0 Å². The Morgan fingerprint density at radius 3 is 2.94 bits per heavy atom. The molecule has 2 aromatic rings. The number of carboxylic acids is 1. The minimum atomic E-state index is -1.03. The van der Waals surface area contributed by atoms with E-state index in [0.29, 0.717) is 15.9 Å². The molecule has 1 heterocycles. The van der Waals surface area contributed by atoms with Crippen LogP contribution < -0.4 is 10.1 Å². The predicted molar refractivity (Wildman–Crippen MR) is 57.4 cm³/mol. The number of hydrogen-bond donors (Lipinski definition) is 2. The highest BCUT2D eigenvalue weighted by molar-refractivity contribution is 6.35. The molecule has 0 bridgehead atoms. The number of H-pyrrole nitrogens is 1. The van der Waals surface area contributed by atoms with Gasteiger partial charge in [0.2, 0.25) is 6.20 Å². The highest BCUT2D eigenvalue weighted by Crippen LogP contribution is 2.16. The van der Waals surface area contributed by atoms with Crippen molar-refractivity contribution in [2.45, 2.75) is 6.54 Å². The van der Waals surface area contributed by atoms with Gasteiger partial charge in [0, 0.05) is 0 Å². The lowest BCUT2D eigenvalue weighted by Crippen LogP contribution is -2.44. The van der Waals surface area contributed by atoms with Crippen molar-refractivity contribution in [1.29, 1.82) is 0 Å². The van der Waals surface area contributed by atoms with E-state index in [-0.39, 0.29) is 12.0 Å². The number of benzene rings is 1. The molecule has 1 aromatic carbocycles. The van der Waals surface area contributed by atoms with E-state index in [2.05, 4.69) is 5.10 Å². The molecule has 0 aliphatic carbocycles. The van der Waals surface area contributed by atoms with Crippen LogP contribution in [0.2, 0.25) is 5.02 Å². The SMILES string of the molecule is O=C(O)C[n+]1cc(=O)c2c(Cl)cccc2[nH]1. The van der Waals surface area contributed by atoms with Crippen LogP contribution in [0, 0.1) is 0 Å². The third kappa shape index (κ3) is 1.90. The summed E-state index contributed by atoms with van der Waals surface area (Å²) >= 11 is 5.87. The lowest BCUT2D eigenvalue weighted by molar-refractivity contribution is -0.741. The minimum absolute atomic E-state index is 0.294. The Hall–Kier alpha value is -1.88. The maximum Gasteiger partial charge on any atom is 0.372 e. The summed E-state index contributed by atoms with van der Waals surface area (Å²) in [6.07, 6.45) is 1.18. The molecule has 82 valence electrons. The van der Waals surface area contributed by atoms with Crippen LogP contribution in [-0.4, -0.2) is 16.2 Å². The third-order valence-electron chi connectivity index (χ3n) is 2.10. The molecule has 2 N–H and O–H groups in total. The molecule has 0 aliphatic heterocycles. The summed E-state index contributed by atoms with van der Waals surface area (Å²) in [5, 5.41) is 12.1. The zero-order chi connectivity index (χ0) is 11.7. The number of aliphatic carboxylic acids is 1. The molecular formula is C10H8ClN2O3+. The molecule has 5 nitrogen and oxygen atoms in total. The summed E-state index contributed by atoms with van der Waals surface area (Å²) in [6, 6.07) is 4.97. The monoisotopic (exact) mass is 239 g/mol. The van der Waals surface area contributed by atoms with Gasteiger partial charge in [0.15, 0.2) is 0 Å². The molecule has 0 saturated carbocycles. The number of nitrogens with one attached hydrogen (secondary N) is 1. The molecule has 16 heavy (non-hydrogen) atoms. The average Bonchev–Trinajstić information content (AvgIpc) is 2.15. The topological polar surface area (TPSA) is 74.0 Å². The van der Waals surface area contributed by atoms with Gasteiger partial charge in [0.1, 0.15) is 5.52 Å². The fraction of sp³-hybridized carbons (Fsp3) is 0.100. The van der Waals surface area contributed by atoms with E-state index in [9.17, 15) is 9.59 Å². The Morgan fingerprint density at radius 1 is 1.50 bits per heavy atom. The summed E-state index contributed by atoms with van der Waals surface area (Å²) < 4.78 is 1.21. The fourth-order valence-electron chi connectivity index (χ4n) is 1.49.